The van der Waals surface area contributed by atoms with E-state index >= 15 is 0 Å². The van der Waals surface area contributed by atoms with E-state index in [1.54, 1.807) is 0 Å². The third-order valence-electron chi connectivity index (χ3n) is 3.28. The number of hydrogen-bond acceptors (Lipinski definition) is 4. The van der Waals surface area contributed by atoms with Crippen LogP contribution in [0.15, 0.2) is 23.4 Å². The van der Waals surface area contributed by atoms with Crippen LogP contribution in [0.4, 0.5) is 0 Å². The minimum absolute atomic E-state index is 0.747. The Bertz CT molecular complexity index is 446. The number of aryl methyl sites for hydroxylation is 1. The van der Waals surface area contributed by atoms with Crippen molar-refractivity contribution in [2.45, 2.75) is 32.6 Å². The van der Waals surface area contributed by atoms with Crippen LogP contribution >= 0.6 is 11.8 Å². The summed E-state index contributed by atoms with van der Waals surface area (Å²) in [4.78, 5) is 0. The van der Waals surface area contributed by atoms with Crippen molar-refractivity contribution in [3.8, 4) is 5.75 Å². The zero-order chi connectivity index (χ0) is 13.5. The molecular weight excluding hydrogens is 258 g/mol. The number of hydrogen-bond donors (Lipinski definition) is 1. The molecule has 19 heavy (non-hydrogen) atoms. The summed E-state index contributed by atoms with van der Waals surface area (Å²) in [7, 11) is 0. The fourth-order valence-corrected chi connectivity index (χ4v) is 2.92. The second kappa shape index (κ2) is 7.43. The van der Waals surface area contributed by atoms with E-state index in [-0.39, 0.29) is 0 Å². The van der Waals surface area contributed by atoms with Crippen LogP contribution in [-0.4, -0.2) is 29.0 Å². The van der Waals surface area contributed by atoms with Crippen LogP contribution in [0.1, 0.15) is 37.3 Å². The number of oxime groups is 1. The van der Waals surface area contributed by atoms with Gasteiger partial charge in [-0.1, -0.05) is 18.1 Å². The van der Waals surface area contributed by atoms with Crippen LogP contribution in [-0.2, 0) is 6.42 Å². The third-order valence-corrected chi connectivity index (χ3v) is 4.26. The van der Waals surface area contributed by atoms with Gasteiger partial charge < -0.3 is 9.94 Å². The van der Waals surface area contributed by atoms with E-state index in [0.29, 0.717) is 0 Å². The van der Waals surface area contributed by atoms with E-state index < -0.39 is 0 Å². The predicted molar refractivity (Wildman–Crippen MR) is 80.8 cm³/mol. The smallest absolute Gasteiger partial charge is 0.119 e. The summed E-state index contributed by atoms with van der Waals surface area (Å²) < 4.78 is 5.76. The lowest BCUT2D eigenvalue weighted by molar-refractivity contribution is 0.316. The fourth-order valence-electron chi connectivity index (χ4n) is 2.31. The first-order valence-corrected chi connectivity index (χ1v) is 8.05. The molecule has 0 heterocycles. The third kappa shape index (κ3) is 3.90. The first-order chi connectivity index (χ1) is 9.35. The van der Waals surface area contributed by atoms with Crippen molar-refractivity contribution in [3.63, 3.8) is 0 Å². The standard InChI is InChI=1S/C15H21NO2S/c1-2-19-10-4-9-18-13-8-7-12-5-3-6-15(16-17)14(12)11-13/h7-8,11,17H,2-6,9-10H2,1H3/b16-15-. The number of fused-ring (bicyclic) bond motifs is 1. The molecule has 0 amide bonds. The molecule has 0 saturated carbocycles. The fraction of sp³-hybridized carbons (Fsp3) is 0.533. The van der Waals surface area contributed by atoms with Gasteiger partial charge >= 0.3 is 0 Å². The van der Waals surface area contributed by atoms with E-state index in [2.05, 4.69) is 18.1 Å². The number of rotatable bonds is 6. The molecule has 0 radical (unpaired) electrons. The molecule has 1 aromatic carbocycles. The topological polar surface area (TPSA) is 41.8 Å². The number of ether oxygens (including phenoxy) is 1. The van der Waals surface area contributed by atoms with Crippen LogP contribution in [0.2, 0.25) is 0 Å². The Kier molecular flexibility index (Phi) is 5.58. The SMILES string of the molecule is CCSCCCOc1ccc2c(c1)/C(=N\O)CCC2. The number of nitrogens with zero attached hydrogens (tertiary/aromatic N) is 1. The average molecular weight is 279 g/mol. The summed E-state index contributed by atoms with van der Waals surface area (Å²) in [5.41, 5.74) is 3.09. The minimum Gasteiger partial charge on any atom is -0.494 e. The van der Waals surface area contributed by atoms with Gasteiger partial charge in [-0.15, -0.1) is 0 Å². The van der Waals surface area contributed by atoms with Gasteiger partial charge in [-0.3, -0.25) is 0 Å². The van der Waals surface area contributed by atoms with Gasteiger partial charge in [0, 0.05) is 5.56 Å². The average Bonchev–Trinajstić information content (AvgIpc) is 2.46. The molecule has 0 spiro atoms. The van der Waals surface area contributed by atoms with E-state index in [0.717, 1.165) is 60.8 Å². The Morgan fingerprint density at radius 3 is 3.05 bits per heavy atom. The molecular formula is C15H21NO2S. The van der Waals surface area contributed by atoms with Crippen LogP contribution in [0.3, 0.4) is 0 Å². The van der Waals surface area contributed by atoms with Gasteiger partial charge in [0.2, 0.25) is 0 Å². The van der Waals surface area contributed by atoms with Crippen LogP contribution < -0.4 is 4.74 Å². The Morgan fingerprint density at radius 2 is 2.26 bits per heavy atom. The molecule has 0 saturated heterocycles. The van der Waals surface area contributed by atoms with Crippen molar-refractivity contribution in [1.82, 2.24) is 0 Å². The van der Waals surface area contributed by atoms with Crippen LogP contribution in [0.5, 0.6) is 5.75 Å². The molecule has 4 heteroatoms. The summed E-state index contributed by atoms with van der Waals surface area (Å²) in [6.07, 6.45) is 4.03. The first kappa shape index (κ1) is 14.3. The van der Waals surface area contributed by atoms with E-state index in [4.69, 9.17) is 9.94 Å². The highest BCUT2D eigenvalue weighted by Crippen LogP contribution is 2.26. The maximum atomic E-state index is 9.05. The highest BCUT2D eigenvalue weighted by Gasteiger charge is 2.16. The molecule has 1 aromatic rings. The monoisotopic (exact) mass is 279 g/mol. The zero-order valence-electron chi connectivity index (χ0n) is 11.4. The van der Waals surface area contributed by atoms with Crippen molar-refractivity contribution < 1.29 is 9.94 Å². The van der Waals surface area contributed by atoms with Gasteiger partial charge in [0.1, 0.15) is 5.75 Å². The lowest BCUT2D eigenvalue weighted by Crippen LogP contribution is -2.12. The molecule has 0 atom stereocenters. The van der Waals surface area contributed by atoms with Gasteiger partial charge in [0.15, 0.2) is 0 Å². The molecule has 0 fully saturated rings. The lowest BCUT2D eigenvalue weighted by Gasteiger charge is -2.17. The van der Waals surface area contributed by atoms with Gasteiger partial charge in [-0.25, -0.2) is 0 Å². The Morgan fingerprint density at radius 1 is 1.37 bits per heavy atom. The quantitative estimate of drug-likeness (QED) is 0.490. The first-order valence-electron chi connectivity index (χ1n) is 6.90. The summed E-state index contributed by atoms with van der Waals surface area (Å²) in [6.45, 7) is 2.92. The molecule has 0 unspecified atom stereocenters. The van der Waals surface area contributed by atoms with Crippen LogP contribution in [0, 0.1) is 0 Å². The van der Waals surface area contributed by atoms with Crippen molar-refractivity contribution in [2.24, 2.45) is 5.16 Å². The molecule has 0 aromatic heterocycles. The Hall–Kier alpha value is -1.16. The second-order valence-electron chi connectivity index (χ2n) is 4.62. The number of benzene rings is 1. The summed E-state index contributed by atoms with van der Waals surface area (Å²) in [6, 6.07) is 6.12. The van der Waals surface area contributed by atoms with E-state index in [1.807, 2.05) is 23.9 Å². The molecule has 0 bridgehead atoms. The Balaban J connectivity index is 1.96. The van der Waals surface area contributed by atoms with Crippen molar-refractivity contribution in [1.29, 1.82) is 0 Å². The molecule has 1 aliphatic rings. The minimum atomic E-state index is 0.747. The molecule has 2 rings (SSSR count). The maximum absolute atomic E-state index is 9.05. The molecule has 1 N–H and O–H groups in total. The van der Waals surface area contributed by atoms with Gasteiger partial charge in [-0.05, 0) is 54.9 Å². The molecule has 1 aliphatic carbocycles. The predicted octanol–water partition coefficient (Wildman–Crippen LogP) is 3.72. The maximum Gasteiger partial charge on any atom is 0.119 e. The highest BCUT2D eigenvalue weighted by molar-refractivity contribution is 7.99. The molecule has 0 aliphatic heterocycles. The van der Waals surface area contributed by atoms with Crippen LogP contribution in [0.25, 0.3) is 0 Å². The number of thioether (sulfide) groups is 1. The highest BCUT2D eigenvalue weighted by atomic mass is 32.2. The van der Waals surface area contributed by atoms with Crippen molar-refractivity contribution in [3.05, 3.63) is 29.3 Å². The largest absolute Gasteiger partial charge is 0.494 e. The Labute approximate surface area is 119 Å². The van der Waals surface area contributed by atoms with Gasteiger partial charge in [-0.2, -0.15) is 11.8 Å². The van der Waals surface area contributed by atoms with Gasteiger partial charge in [0.25, 0.3) is 0 Å². The van der Waals surface area contributed by atoms with Crippen molar-refractivity contribution >= 4 is 17.5 Å². The van der Waals surface area contributed by atoms with Crippen molar-refractivity contribution in [2.75, 3.05) is 18.1 Å². The van der Waals surface area contributed by atoms with E-state index in [9.17, 15) is 0 Å². The lowest BCUT2D eigenvalue weighted by atomic mass is 9.90. The normalized spacial score (nSPS) is 16.4. The second-order valence-corrected chi connectivity index (χ2v) is 6.01. The summed E-state index contributed by atoms with van der Waals surface area (Å²) >= 11 is 1.94. The van der Waals surface area contributed by atoms with Gasteiger partial charge in [0.05, 0.1) is 12.3 Å². The molecule has 3 nitrogen and oxygen atoms in total. The molecule has 104 valence electrons. The zero-order valence-corrected chi connectivity index (χ0v) is 12.2. The summed E-state index contributed by atoms with van der Waals surface area (Å²) in [5.74, 6) is 3.18. The van der Waals surface area contributed by atoms with E-state index in [1.165, 1.54) is 5.56 Å². The summed E-state index contributed by atoms with van der Waals surface area (Å²) in [5, 5.41) is 12.5.